The van der Waals surface area contributed by atoms with Gasteiger partial charge in [-0.1, -0.05) is 84.6 Å². The van der Waals surface area contributed by atoms with Crippen LogP contribution in [0.15, 0.2) is 88.6 Å². The lowest BCUT2D eigenvalue weighted by Crippen LogP contribution is -2.67. The van der Waals surface area contributed by atoms with Crippen molar-refractivity contribution >= 4 is 80.8 Å². The number of thiazole rings is 1. The number of rotatable bonds is 11. The van der Waals surface area contributed by atoms with Gasteiger partial charge in [0.25, 0.3) is 5.91 Å². The van der Waals surface area contributed by atoms with E-state index >= 15 is 0 Å². The van der Waals surface area contributed by atoms with Gasteiger partial charge in [-0.3, -0.25) is 19.3 Å². The molecule has 228 valence electrons. The van der Waals surface area contributed by atoms with Crippen LogP contribution in [0.25, 0.3) is 5.57 Å². The van der Waals surface area contributed by atoms with Crippen LogP contribution >= 0.6 is 46.7 Å². The molecule has 2 aromatic carbocycles. The van der Waals surface area contributed by atoms with Crippen LogP contribution in [0.3, 0.4) is 0 Å². The van der Waals surface area contributed by atoms with E-state index < -0.39 is 34.0 Å². The van der Waals surface area contributed by atoms with Gasteiger partial charge < -0.3 is 15.5 Å². The number of aryl methyl sites for hydroxylation is 1. The van der Waals surface area contributed by atoms with Crippen LogP contribution in [0.1, 0.15) is 39.7 Å². The first-order chi connectivity index (χ1) is 21.7. The number of carboxylic acids is 2. The van der Waals surface area contributed by atoms with E-state index in [1.54, 1.807) is 5.38 Å². The number of carbonyl (C=O) groups is 4. The van der Waals surface area contributed by atoms with Gasteiger partial charge in [0.1, 0.15) is 25.8 Å². The van der Waals surface area contributed by atoms with Gasteiger partial charge in [0.2, 0.25) is 5.91 Å². The maximum atomic E-state index is 14.1. The molecule has 0 aliphatic carbocycles. The van der Waals surface area contributed by atoms with Gasteiger partial charge >= 0.3 is 11.9 Å². The molecule has 2 aliphatic rings. The van der Waals surface area contributed by atoms with Crippen LogP contribution in [-0.2, 0) is 32.0 Å². The summed E-state index contributed by atoms with van der Waals surface area (Å²) >= 11 is 9.31. The van der Waals surface area contributed by atoms with E-state index in [4.69, 9.17) is 17.2 Å². The molecular formula is C32H25N3O6S4. The smallest absolute Gasteiger partial charge is 0.353 e. The molecule has 3 N–H and O–H groups in total. The molecule has 9 nitrogen and oxygen atoms in total. The molecule has 2 aliphatic heterocycles. The summed E-state index contributed by atoms with van der Waals surface area (Å²) in [5.74, 6) is -3.96. The largest absolute Gasteiger partial charge is 0.481 e. The molecule has 0 spiro atoms. The topological polar surface area (TPSA) is 137 Å². The number of thiocarbonyl (C=S) groups is 1. The van der Waals surface area contributed by atoms with Gasteiger partial charge in [0, 0.05) is 17.7 Å². The molecule has 2 aromatic heterocycles. The Balaban J connectivity index is 1.65. The van der Waals surface area contributed by atoms with E-state index in [2.05, 4.69) is 5.32 Å². The number of amides is 2. The third-order valence-electron chi connectivity index (χ3n) is 7.54. The Bertz CT molecular complexity index is 1780. The number of nitrogens with one attached hydrogen (secondary N) is 1. The minimum atomic E-state index is -1.52. The lowest BCUT2D eigenvalue weighted by Gasteiger charge is -2.54. The third-order valence-corrected chi connectivity index (χ3v) is 11.3. The zero-order valence-electron chi connectivity index (χ0n) is 23.4. The first-order valence-electron chi connectivity index (χ1n) is 13.8. The third kappa shape index (κ3) is 5.84. The molecule has 2 amide bonds. The summed E-state index contributed by atoms with van der Waals surface area (Å²) in [7, 11) is 0. The van der Waals surface area contributed by atoms with Crippen LogP contribution in [0, 0.1) is 0 Å². The number of carboxylic acid groups (broad SMARTS) is 2. The van der Waals surface area contributed by atoms with E-state index in [1.807, 2.05) is 77.5 Å². The van der Waals surface area contributed by atoms with Gasteiger partial charge in [0.15, 0.2) is 0 Å². The molecule has 4 aromatic rings. The highest BCUT2D eigenvalue weighted by molar-refractivity contribution is 8.04. The summed E-state index contributed by atoms with van der Waals surface area (Å²) in [6.07, 6.45) is 0.00248. The van der Waals surface area contributed by atoms with Crippen molar-refractivity contribution in [2.24, 2.45) is 0 Å². The summed E-state index contributed by atoms with van der Waals surface area (Å²) < 4.78 is 0. The number of fused-ring (bicyclic) bond motifs is 1. The highest BCUT2D eigenvalue weighted by Gasteiger charge is 2.62. The highest BCUT2D eigenvalue weighted by Crippen LogP contribution is 2.59. The number of nitrogens with zero attached hydrogens (tertiary/aromatic N) is 2. The Morgan fingerprint density at radius 1 is 1.00 bits per heavy atom. The van der Waals surface area contributed by atoms with Crippen molar-refractivity contribution in [1.82, 2.24) is 15.2 Å². The molecule has 45 heavy (non-hydrogen) atoms. The minimum absolute atomic E-state index is 0.0390. The molecule has 1 unspecified atom stereocenters. The van der Waals surface area contributed by atoms with Crippen LogP contribution in [-0.4, -0.2) is 59.0 Å². The summed E-state index contributed by atoms with van der Waals surface area (Å²) in [6.45, 7) is 0. The van der Waals surface area contributed by atoms with Crippen molar-refractivity contribution in [1.29, 1.82) is 0 Å². The quantitative estimate of drug-likeness (QED) is 0.145. The lowest BCUT2D eigenvalue weighted by molar-refractivity contribution is -0.139. The van der Waals surface area contributed by atoms with Crippen LogP contribution in [0.4, 0.5) is 0 Å². The normalized spacial score (nSPS) is 19.3. The predicted octanol–water partition coefficient (Wildman–Crippen LogP) is 5.19. The highest BCUT2D eigenvalue weighted by atomic mass is 32.2. The Morgan fingerprint density at radius 3 is 2.24 bits per heavy atom. The Hall–Kier alpha value is -4.17. The predicted molar refractivity (Wildman–Crippen MR) is 177 cm³/mol. The summed E-state index contributed by atoms with van der Waals surface area (Å²) in [5, 5.41) is 28.2. The number of hydrogen-bond donors (Lipinski definition) is 3. The Labute approximate surface area is 275 Å². The second-order valence-corrected chi connectivity index (χ2v) is 13.8. The number of β-lactam (4-membered cyclic amide) rings is 1. The summed E-state index contributed by atoms with van der Waals surface area (Å²) in [5.41, 5.74) is 2.68. The van der Waals surface area contributed by atoms with E-state index in [0.29, 0.717) is 5.69 Å². The number of hydrogen-bond acceptors (Lipinski definition) is 9. The van der Waals surface area contributed by atoms with E-state index in [9.17, 15) is 29.4 Å². The Kier molecular flexibility index (Phi) is 8.69. The molecule has 0 radical (unpaired) electrons. The van der Waals surface area contributed by atoms with Crippen molar-refractivity contribution in [3.63, 3.8) is 0 Å². The molecule has 6 rings (SSSR count). The second kappa shape index (κ2) is 12.7. The van der Waals surface area contributed by atoms with Crippen molar-refractivity contribution < 1.29 is 29.4 Å². The summed E-state index contributed by atoms with van der Waals surface area (Å²) in [6, 6.07) is 20.8. The standard InChI is InChI=1S/C32H25N3O6S4/c36-22(15-18-13-14-43-16-18)34-32(24(19-7-3-1-4-8-19)20-9-5-2-6-10-20)25(28-33-21(17-44-28)11-12-23(37)38)26(31(40)41)35-29(39)27(42)30(35)45-32/h1-10,13-14,16-17,24,30H,11-12,15H2,(H,34,36)(H,37,38)(H,40,41)/t30-,32?/m0/s1. The average molecular weight is 676 g/mol. The summed E-state index contributed by atoms with van der Waals surface area (Å²) in [4.78, 5) is 56.1. The SMILES string of the molecule is O=C(O)CCc1csc(C2=C(C(=O)O)N3C(=O)C(=S)[C@@H]3SC2(NC(=O)Cc2ccsc2)C(c2ccccc2)c2ccccc2)n1. The number of aliphatic carboxylic acids is 2. The van der Waals surface area contributed by atoms with Crippen LogP contribution < -0.4 is 5.32 Å². The first-order valence-corrected chi connectivity index (χ1v) is 16.9. The lowest BCUT2D eigenvalue weighted by atomic mass is 9.79. The van der Waals surface area contributed by atoms with Crippen molar-refractivity contribution in [3.8, 4) is 0 Å². The molecule has 13 heteroatoms. The van der Waals surface area contributed by atoms with Gasteiger partial charge in [-0.05, 0) is 33.5 Å². The molecule has 1 fully saturated rings. The van der Waals surface area contributed by atoms with Gasteiger partial charge in [-0.15, -0.1) is 11.3 Å². The number of aromatic nitrogens is 1. The molecule has 1 saturated heterocycles. The van der Waals surface area contributed by atoms with Gasteiger partial charge in [-0.2, -0.15) is 11.3 Å². The second-order valence-electron chi connectivity index (χ2n) is 10.4. The monoisotopic (exact) mass is 675 g/mol. The zero-order chi connectivity index (χ0) is 31.7. The Morgan fingerprint density at radius 2 is 1.67 bits per heavy atom. The first kappa shape index (κ1) is 30.8. The fourth-order valence-corrected chi connectivity index (χ4v) is 9.44. The van der Waals surface area contributed by atoms with E-state index in [1.165, 1.54) is 28.0 Å². The van der Waals surface area contributed by atoms with Gasteiger partial charge in [0.05, 0.1) is 24.1 Å². The number of thioether (sulfide) groups is 1. The number of benzene rings is 2. The molecular weight excluding hydrogens is 651 g/mol. The van der Waals surface area contributed by atoms with Crippen LogP contribution in [0.5, 0.6) is 0 Å². The molecule has 2 atom stereocenters. The van der Waals surface area contributed by atoms with E-state index in [-0.39, 0.29) is 46.3 Å². The van der Waals surface area contributed by atoms with Gasteiger partial charge in [-0.25, -0.2) is 9.78 Å². The minimum Gasteiger partial charge on any atom is -0.481 e. The number of carbonyl (C=O) groups excluding carboxylic acids is 2. The van der Waals surface area contributed by atoms with Crippen molar-refractivity contribution in [2.75, 3.05) is 0 Å². The maximum Gasteiger partial charge on any atom is 0.353 e. The van der Waals surface area contributed by atoms with E-state index in [0.717, 1.165) is 28.0 Å². The van der Waals surface area contributed by atoms with Crippen LogP contribution in [0.2, 0.25) is 0 Å². The van der Waals surface area contributed by atoms with Crippen molar-refractivity contribution in [3.05, 3.63) is 116 Å². The fourth-order valence-electron chi connectivity index (χ4n) is 5.64. The molecule has 0 saturated carbocycles. The van der Waals surface area contributed by atoms with Crippen molar-refractivity contribution in [2.45, 2.75) is 35.4 Å². The number of thiophene rings is 1. The zero-order valence-corrected chi connectivity index (χ0v) is 26.7. The molecule has 0 bridgehead atoms. The fraction of sp³-hybridized carbons (Fsp3) is 0.188. The average Bonchev–Trinajstić information content (AvgIpc) is 3.72. The molecule has 4 heterocycles. The maximum absolute atomic E-state index is 14.1.